The van der Waals surface area contributed by atoms with Gasteiger partial charge in [-0.3, -0.25) is 9.59 Å². The molecule has 5 aromatic rings. The summed E-state index contributed by atoms with van der Waals surface area (Å²) in [4.78, 5) is 30.9. The number of carbonyl (C=O) groups is 2. The molecule has 39 heavy (non-hydrogen) atoms. The smallest absolute Gasteiger partial charge is 0.255 e. The molecule has 0 saturated carbocycles. The number of nitrogen functional groups attached to an aromatic ring is 1. The molecule has 8 heteroatoms. The van der Waals surface area contributed by atoms with E-state index in [1.165, 1.54) is 0 Å². The molecule has 4 aromatic carbocycles. The van der Waals surface area contributed by atoms with Crippen LogP contribution in [0, 0.1) is 0 Å². The molecular formula is C31H27N5O2S. The Morgan fingerprint density at radius 1 is 0.744 bits per heavy atom. The summed E-state index contributed by atoms with van der Waals surface area (Å²) >= 11 is 1.62. The summed E-state index contributed by atoms with van der Waals surface area (Å²) in [5.74, 6) is -0.418. The Morgan fingerprint density at radius 2 is 1.41 bits per heavy atom. The third-order valence-corrected chi connectivity index (χ3v) is 7.11. The molecule has 0 unspecified atom stereocenters. The zero-order chi connectivity index (χ0) is 27.0. The van der Waals surface area contributed by atoms with Crippen LogP contribution in [-0.2, 0) is 13.1 Å². The zero-order valence-corrected chi connectivity index (χ0v) is 21.9. The quantitative estimate of drug-likeness (QED) is 0.169. The molecule has 0 fully saturated rings. The van der Waals surface area contributed by atoms with Crippen molar-refractivity contribution in [2.45, 2.75) is 13.1 Å². The van der Waals surface area contributed by atoms with E-state index in [0.717, 1.165) is 26.7 Å². The molecule has 0 radical (unpaired) electrons. The van der Waals surface area contributed by atoms with Crippen molar-refractivity contribution >= 4 is 40.2 Å². The summed E-state index contributed by atoms with van der Waals surface area (Å²) in [5.41, 5.74) is 11.0. The maximum Gasteiger partial charge on any atom is 0.255 e. The molecule has 5 rings (SSSR count). The number of anilines is 3. The minimum Gasteiger partial charge on any atom is -0.397 e. The van der Waals surface area contributed by atoms with Crippen molar-refractivity contribution in [1.29, 1.82) is 0 Å². The number of nitrogens with two attached hydrogens (primary N) is 1. The highest BCUT2D eigenvalue weighted by atomic mass is 32.1. The van der Waals surface area contributed by atoms with E-state index in [1.807, 2.05) is 72.9 Å². The molecule has 0 atom stereocenters. The third-order valence-electron chi connectivity index (χ3n) is 6.07. The highest BCUT2D eigenvalue weighted by Gasteiger charge is 2.10. The van der Waals surface area contributed by atoms with Crippen LogP contribution in [0.5, 0.6) is 0 Å². The first-order valence-electron chi connectivity index (χ1n) is 12.4. The maximum absolute atomic E-state index is 12.7. The molecule has 2 amide bonds. The van der Waals surface area contributed by atoms with E-state index in [0.29, 0.717) is 35.6 Å². The number of nitrogens with zero attached hydrogens (tertiary/aromatic N) is 1. The average molecular weight is 534 g/mol. The molecule has 0 spiro atoms. The second-order valence-corrected chi connectivity index (χ2v) is 9.96. The highest BCUT2D eigenvalue weighted by molar-refractivity contribution is 7.15. The fourth-order valence-electron chi connectivity index (χ4n) is 3.90. The van der Waals surface area contributed by atoms with Gasteiger partial charge in [-0.05, 0) is 54.1 Å². The largest absolute Gasteiger partial charge is 0.397 e. The van der Waals surface area contributed by atoms with Gasteiger partial charge < -0.3 is 21.7 Å². The molecule has 1 aromatic heterocycles. The lowest BCUT2D eigenvalue weighted by atomic mass is 10.1. The number of nitrogens with one attached hydrogen (secondary N) is 3. The number of carbonyl (C=O) groups excluding carboxylic acids is 2. The molecule has 0 bridgehead atoms. The van der Waals surface area contributed by atoms with Crippen molar-refractivity contribution in [2.24, 2.45) is 0 Å². The average Bonchev–Trinajstić information content (AvgIpc) is 3.46. The minimum absolute atomic E-state index is 0.171. The van der Waals surface area contributed by atoms with Gasteiger partial charge in [-0.2, -0.15) is 0 Å². The highest BCUT2D eigenvalue weighted by Crippen LogP contribution is 2.26. The van der Waals surface area contributed by atoms with E-state index < -0.39 is 0 Å². The lowest BCUT2D eigenvalue weighted by molar-refractivity contribution is 0.0950. The van der Waals surface area contributed by atoms with Gasteiger partial charge in [-0.25, -0.2) is 4.98 Å². The van der Waals surface area contributed by atoms with Crippen molar-refractivity contribution in [2.75, 3.05) is 16.4 Å². The molecule has 5 N–H and O–H groups in total. The van der Waals surface area contributed by atoms with E-state index in [2.05, 4.69) is 20.9 Å². The van der Waals surface area contributed by atoms with Crippen LogP contribution in [0.15, 0.2) is 109 Å². The number of hydrogen-bond acceptors (Lipinski definition) is 6. The van der Waals surface area contributed by atoms with Gasteiger partial charge in [0.2, 0.25) is 0 Å². The maximum atomic E-state index is 12.7. The Balaban J connectivity index is 1.12. The second-order valence-electron chi connectivity index (χ2n) is 8.85. The van der Waals surface area contributed by atoms with Gasteiger partial charge in [0, 0.05) is 40.0 Å². The van der Waals surface area contributed by atoms with E-state index >= 15 is 0 Å². The van der Waals surface area contributed by atoms with Crippen LogP contribution in [0.25, 0.3) is 10.6 Å². The van der Waals surface area contributed by atoms with Crippen molar-refractivity contribution in [1.82, 2.24) is 10.3 Å². The van der Waals surface area contributed by atoms with Gasteiger partial charge in [0.15, 0.2) is 0 Å². The number of aromatic nitrogens is 1. The Kier molecular flexibility index (Phi) is 7.95. The molecule has 0 aliphatic rings. The predicted octanol–water partition coefficient (Wildman–Crippen LogP) is 6.19. The Morgan fingerprint density at radius 3 is 2.15 bits per heavy atom. The van der Waals surface area contributed by atoms with E-state index in [9.17, 15) is 9.59 Å². The first-order chi connectivity index (χ1) is 19.0. The zero-order valence-electron chi connectivity index (χ0n) is 21.1. The van der Waals surface area contributed by atoms with Crippen LogP contribution in [0.4, 0.5) is 17.1 Å². The number of hydrogen-bond donors (Lipinski definition) is 4. The van der Waals surface area contributed by atoms with E-state index in [1.54, 1.807) is 47.7 Å². The van der Waals surface area contributed by atoms with Crippen molar-refractivity contribution in [3.8, 4) is 10.6 Å². The normalized spacial score (nSPS) is 10.6. The monoisotopic (exact) mass is 533 g/mol. The van der Waals surface area contributed by atoms with Crippen LogP contribution in [0.2, 0.25) is 0 Å². The SMILES string of the molecule is Nc1ccccc1NC(=O)c1ccc(CNC(=O)c2ccc(-c3ncc(CNc4ccccc4)s3)cc2)cc1. The summed E-state index contributed by atoms with van der Waals surface area (Å²) in [5, 5.41) is 10.0. The van der Waals surface area contributed by atoms with Crippen molar-refractivity contribution in [3.05, 3.63) is 131 Å². The van der Waals surface area contributed by atoms with E-state index in [-0.39, 0.29) is 11.8 Å². The minimum atomic E-state index is -0.247. The van der Waals surface area contributed by atoms with Crippen LogP contribution in [-0.4, -0.2) is 16.8 Å². The number of rotatable bonds is 9. The summed E-state index contributed by atoms with van der Waals surface area (Å²) in [7, 11) is 0. The number of thiazole rings is 1. The Hall–Kier alpha value is -4.95. The molecule has 0 aliphatic heterocycles. The molecule has 1 heterocycles. The van der Waals surface area contributed by atoms with Crippen LogP contribution in [0.3, 0.4) is 0 Å². The lowest BCUT2D eigenvalue weighted by Crippen LogP contribution is -2.22. The van der Waals surface area contributed by atoms with E-state index in [4.69, 9.17) is 5.73 Å². The lowest BCUT2D eigenvalue weighted by Gasteiger charge is -2.09. The van der Waals surface area contributed by atoms with Gasteiger partial charge in [-0.1, -0.05) is 54.6 Å². The molecule has 0 saturated heterocycles. The molecule has 0 aliphatic carbocycles. The first-order valence-corrected chi connectivity index (χ1v) is 13.2. The number of para-hydroxylation sites is 3. The topological polar surface area (TPSA) is 109 Å². The fourth-order valence-corrected chi connectivity index (χ4v) is 4.75. The standard InChI is InChI=1S/C31H27N5O2S/c32-27-8-4-5-9-28(27)36-30(38)23-12-10-21(11-13-23)18-34-29(37)22-14-16-24(17-15-22)31-35-20-26(39-31)19-33-25-6-2-1-3-7-25/h1-17,20,33H,18-19,32H2,(H,34,37)(H,36,38). The van der Waals surface area contributed by atoms with Gasteiger partial charge in [0.05, 0.1) is 17.9 Å². The summed E-state index contributed by atoms with van der Waals surface area (Å²) in [6.45, 7) is 1.05. The first kappa shape index (κ1) is 25.7. The number of amides is 2. The predicted molar refractivity (Wildman–Crippen MR) is 158 cm³/mol. The van der Waals surface area contributed by atoms with Crippen LogP contribution < -0.4 is 21.7 Å². The Labute approximate surface area is 230 Å². The Bertz CT molecular complexity index is 1570. The fraction of sp³-hybridized carbons (Fsp3) is 0.0645. The van der Waals surface area contributed by atoms with Gasteiger partial charge in [0.25, 0.3) is 11.8 Å². The summed E-state index contributed by atoms with van der Waals surface area (Å²) in [6.07, 6.45) is 1.88. The van der Waals surface area contributed by atoms with Gasteiger partial charge in [0.1, 0.15) is 5.01 Å². The van der Waals surface area contributed by atoms with Crippen molar-refractivity contribution in [3.63, 3.8) is 0 Å². The van der Waals surface area contributed by atoms with Crippen LogP contribution in [0.1, 0.15) is 31.2 Å². The molecule has 194 valence electrons. The number of benzene rings is 4. The van der Waals surface area contributed by atoms with Gasteiger partial charge in [-0.15, -0.1) is 11.3 Å². The third kappa shape index (κ3) is 6.68. The molecular weight excluding hydrogens is 506 g/mol. The summed E-state index contributed by atoms with van der Waals surface area (Å²) in [6, 6.07) is 31.7. The van der Waals surface area contributed by atoms with Crippen molar-refractivity contribution < 1.29 is 9.59 Å². The molecule has 7 nitrogen and oxygen atoms in total. The second kappa shape index (κ2) is 12.1. The van der Waals surface area contributed by atoms with Crippen LogP contribution >= 0.6 is 11.3 Å². The van der Waals surface area contributed by atoms with Gasteiger partial charge >= 0.3 is 0 Å². The summed E-state index contributed by atoms with van der Waals surface area (Å²) < 4.78 is 0.